The van der Waals surface area contributed by atoms with Crippen LogP contribution in [0.25, 0.3) is 0 Å². The summed E-state index contributed by atoms with van der Waals surface area (Å²) in [6.07, 6.45) is 2.73. The second-order valence-corrected chi connectivity index (χ2v) is 7.59. The first-order valence-corrected chi connectivity index (χ1v) is 8.78. The number of aryl methyl sites for hydroxylation is 1. The van der Waals surface area contributed by atoms with Crippen LogP contribution >= 0.6 is 22.7 Å². The third kappa shape index (κ3) is 2.91. The fourth-order valence-electron chi connectivity index (χ4n) is 2.77. The van der Waals surface area contributed by atoms with Crippen LogP contribution in [0.5, 0.6) is 0 Å². The molecule has 0 bridgehead atoms. The number of carbonyl (C=O) groups excluding carboxylic acids is 2. The van der Waals surface area contributed by atoms with E-state index in [1.165, 1.54) is 11.3 Å². The van der Waals surface area contributed by atoms with Crippen LogP contribution in [0, 0.1) is 12.8 Å². The van der Waals surface area contributed by atoms with Gasteiger partial charge in [-0.05, 0) is 24.8 Å². The number of likely N-dealkylation sites (tertiary alicyclic amines) is 1. The number of thiophene rings is 1. The van der Waals surface area contributed by atoms with Crippen molar-refractivity contribution >= 4 is 39.6 Å². The number of nitrogens with one attached hydrogen (secondary N) is 1. The molecule has 1 aliphatic heterocycles. The highest BCUT2D eigenvalue weighted by Gasteiger charge is 2.39. The summed E-state index contributed by atoms with van der Waals surface area (Å²) in [5.74, 6) is -0.217. The number of hydrogen-bond acceptors (Lipinski definition) is 5. The quantitative estimate of drug-likeness (QED) is 0.938. The van der Waals surface area contributed by atoms with Crippen LogP contribution in [-0.2, 0) is 9.59 Å². The van der Waals surface area contributed by atoms with Crippen molar-refractivity contribution in [3.05, 3.63) is 33.5 Å². The smallest absolute Gasteiger partial charge is 0.231 e. The first kappa shape index (κ1) is 15.2. The van der Waals surface area contributed by atoms with Gasteiger partial charge in [0.1, 0.15) is 0 Å². The normalized spacial score (nSPS) is 21.9. The van der Waals surface area contributed by atoms with Gasteiger partial charge in [0, 0.05) is 29.4 Å². The van der Waals surface area contributed by atoms with E-state index < -0.39 is 0 Å². The maximum absolute atomic E-state index is 12.7. The van der Waals surface area contributed by atoms with Gasteiger partial charge in [-0.1, -0.05) is 6.07 Å². The van der Waals surface area contributed by atoms with E-state index in [2.05, 4.69) is 10.3 Å². The van der Waals surface area contributed by atoms with Crippen LogP contribution in [0.4, 0.5) is 5.13 Å². The van der Waals surface area contributed by atoms with Gasteiger partial charge in [0.25, 0.3) is 0 Å². The first-order chi connectivity index (χ1) is 10.6. The zero-order chi connectivity index (χ0) is 15.7. The number of piperidine rings is 1. The third-order valence-corrected chi connectivity index (χ3v) is 5.66. The Balaban J connectivity index is 1.83. The fourth-order valence-corrected chi connectivity index (χ4v) is 4.37. The van der Waals surface area contributed by atoms with E-state index in [-0.39, 0.29) is 23.8 Å². The van der Waals surface area contributed by atoms with Crippen molar-refractivity contribution in [2.45, 2.75) is 25.8 Å². The van der Waals surface area contributed by atoms with Crippen molar-refractivity contribution in [2.75, 3.05) is 12.4 Å². The molecule has 0 unspecified atom stereocenters. The Morgan fingerprint density at radius 3 is 2.95 bits per heavy atom. The molecule has 3 rings (SSSR count). The summed E-state index contributed by atoms with van der Waals surface area (Å²) in [5, 5.41) is 5.49. The molecule has 0 saturated carbocycles. The number of aromatic nitrogens is 1. The number of rotatable bonds is 3. The van der Waals surface area contributed by atoms with Gasteiger partial charge < -0.3 is 10.2 Å². The van der Waals surface area contributed by atoms with Crippen molar-refractivity contribution < 1.29 is 9.59 Å². The largest absolute Gasteiger partial charge is 0.337 e. The van der Waals surface area contributed by atoms with Crippen molar-refractivity contribution in [3.63, 3.8) is 0 Å². The highest BCUT2D eigenvalue weighted by Crippen LogP contribution is 2.38. The molecule has 0 aromatic carbocycles. The average molecular weight is 335 g/mol. The van der Waals surface area contributed by atoms with E-state index in [0.717, 1.165) is 9.75 Å². The molecule has 0 radical (unpaired) electrons. The highest BCUT2D eigenvalue weighted by molar-refractivity contribution is 7.15. The molecule has 1 fully saturated rings. The first-order valence-electron chi connectivity index (χ1n) is 7.08. The Hall–Kier alpha value is -1.73. The highest BCUT2D eigenvalue weighted by atomic mass is 32.1. The van der Waals surface area contributed by atoms with Crippen LogP contribution < -0.4 is 5.32 Å². The Kier molecular flexibility index (Phi) is 4.26. The second kappa shape index (κ2) is 6.18. The zero-order valence-corrected chi connectivity index (χ0v) is 14.0. The summed E-state index contributed by atoms with van der Waals surface area (Å²) in [4.78, 5) is 32.7. The molecule has 3 heterocycles. The van der Waals surface area contributed by atoms with Gasteiger partial charge >= 0.3 is 0 Å². The summed E-state index contributed by atoms with van der Waals surface area (Å²) < 4.78 is 0. The molecule has 2 atom stereocenters. The Labute approximate surface area is 137 Å². The minimum atomic E-state index is -0.245. The molecule has 1 saturated heterocycles. The summed E-state index contributed by atoms with van der Waals surface area (Å²) in [6, 6.07) is 3.74. The van der Waals surface area contributed by atoms with Crippen LogP contribution in [0.15, 0.2) is 23.7 Å². The molecular formula is C15H17N3O2S2. The van der Waals surface area contributed by atoms with Crippen molar-refractivity contribution in [3.8, 4) is 0 Å². The summed E-state index contributed by atoms with van der Waals surface area (Å²) in [5.41, 5.74) is 0. The van der Waals surface area contributed by atoms with Gasteiger partial charge in [-0.2, -0.15) is 0 Å². The molecule has 0 spiro atoms. The van der Waals surface area contributed by atoms with Crippen LogP contribution in [0.3, 0.4) is 0 Å². The summed E-state index contributed by atoms with van der Waals surface area (Å²) >= 11 is 3.04. The van der Waals surface area contributed by atoms with Gasteiger partial charge in [0.05, 0.1) is 12.0 Å². The molecule has 2 aromatic heterocycles. The van der Waals surface area contributed by atoms with E-state index in [0.29, 0.717) is 18.0 Å². The summed E-state index contributed by atoms with van der Waals surface area (Å²) in [7, 11) is 1.78. The van der Waals surface area contributed by atoms with Gasteiger partial charge in [-0.3, -0.25) is 9.59 Å². The number of hydrogen-bond donors (Lipinski definition) is 1. The SMILES string of the molecule is Cc1cnc(NC(=O)[C@@H]2CCC(=O)N(C)[C@H]2c2cccs2)s1. The number of thiazole rings is 1. The molecule has 0 aliphatic carbocycles. The third-order valence-electron chi connectivity index (χ3n) is 3.88. The number of amides is 2. The lowest BCUT2D eigenvalue weighted by Crippen LogP contribution is -2.44. The maximum Gasteiger partial charge on any atom is 0.231 e. The van der Waals surface area contributed by atoms with Gasteiger partial charge in [-0.25, -0.2) is 4.98 Å². The zero-order valence-electron chi connectivity index (χ0n) is 12.4. The average Bonchev–Trinajstić information content (AvgIpc) is 3.13. The molecule has 2 amide bonds. The van der Waals surface area contributed by atoms with E-state index in [1.54, 1.807) is 29.5 Å². The molecule has 5 nitrogen and oxygen atoms in total. The predicted octanol–water partition coefficient (Wildman–Crippen LogP) is 3.06. The Morgan fingerprint density at radius 2 is 2.32 bits per heavy atom. The summed E-state index contributed by atoms with van der Waals surface area (Å²) in [6.45, 7) is 1.95. The molecule has 1 N–H and O–H groups in total. The van der Waals surface area contributed by atoms with Crippen molar-refractivity contribution in [2.24, 2.45) is 5.92 Å². The van der Waals surface area contributed by atoms with Crippen LogP contribution in [-0.4, -0.2) is 28.7 Å². The van der Waals surface area contributed by atoms with E-state index in [4.69, 9.17) is 0 Å². The molecule has 1 aliphatic rings. The lowest BCUT2D eigenvalue weighted by atomic mass is 9.87. The van der Waals surface area contributed by atoms with E-state index in [1.807, 2.05) is 24.4 Å². The Morgan fingerprint density at radius 1 is 1.50 bits per heavy atom. The minimum absolute atomic E-state index is 0.0629. The van der Waals surface area contributed by atoms with Crippen LogP contribution in [0.1, 0.15) is 28.6 Å². The second-order valence-electron chi connectivity index (χ2n) is 5.38. The minimum Gasteiger partial charge on any atom is -0.337 e. The maximum atomic E-state index is 12.7. The molecular weight excluding hydrogens is 318 g/mol. The molecule has 116 valence electrons. The van der Waals surface area contributed by atoms with Crippen molar-refractivity contribution in [1.82, 2.24) is 9.88 Å². The number of anilines is 1. The Bertz CT molecular complexity index is 681. The van der Waals surface area contributed by atoms with E-state index in [9.17, 15) is 9.59 Å². The van der Waals surface area contributed by atoms with Crippen LogP contribution in [0.2, 0.25) is 0 Å². The number of carbonyl (C=O) groups is 2. The lowest BCUT2D eigenvalue weighted by molar-refractivity contribution is -0.140. The monoisotopic (exact) mass is 335 g/mol. The fraction of sp³-hybridized carbons (Fsp3) is 0.400. The van der Waals surface area contributed by atoms with Gasteiger partial charge in [0.15, 0.2) is 5.13 Å². The molecule has 22 heavy (non-hydrogen) atoms. The van der Waals surface area contributed by atoms with Gasteiger partial charge in [-0.15, -0.1) is 22.7 Å². The van der Waals surface area contributed by atoms with E-state index >= 15 is 0 Å². The molecule has 7 heteroatoms. The predicted molar refractivity (Wildman–Crippen MR) is 88.0 cm³/mol. The standard InChI is InChI=1S/C15H17N3O2S2/c1-9-8-16-15(22-9)17-14(20)10-5-6-12(19)18(2)13(10)11-4-3-7-21-11/h3-4,7-8,10,13H,5-6H2,1-2H3,(H,16,17,20)/t10-,13-/m1/s1. The van der Waals surface area contributed by atoms with Gasteiger partial charge in [0.2, 0.25) is 11.8 Å². The van der Waals surface area contributed by atoms with Crippen molar-refractivity contribution in [1.29, 1.82) is 0 Å². The number of nitrogens with zero attached hydrogens (tertiary/aromatic N) is 2. The lowest BCUT2D eigenvalue weighted by Gasteiger charge is -2.37. The molecule has 2 aromatic rings. The topological polar surface area (TPSA) is 62.3 Å².